The zero-order chi connectivity index (χ0) is 16.4. The third-order valence-corrected chi connectivity index (χ3v) is 3.83. The van der Waals surface area contributed by atoms with E-state index >= 15 is 0 Å². The molecule has 0 amide bonds. The largest absolute Gasteiger partial charge is 0.468 e. The van der Waals surface area contributed by atoms with E-state index in [1.54, 1.807) is 6.26 Å². The van der Waals surface area contributed by atoms with Crippen molar-refractivity contribution in [3.8, 4) is 0 Å². The van der Waals surface area contributed by atoms with Crippen molar-refractivity contribution in [2.75, 3.05) is 33.2 Å². The minimum atomic E-state index is 0.216. The van der Waals surface area contributed by atoms with Gasteiger partial charge in [-0.15, -0.1) is 0 Å². The first kappa shape index (κ1) is 18.6. The molecule has 0 spiro atoms. The first-order valence-corrected chi connectivity index (χ1v) is 8.34. The molecule has 0 aromatic carbocycles. The molecular weight excluding hydrogens is 276 g/mol. The molecule has 1 unspecified atom stereocenters. The molecule has 1 rings (SSSR count). The van der Waals surface area contributed by atoms with Crippen LogP contribution >= 0.6 is 0 Å². The molecule has 0 saturated carbocycles. The van der Waals surface area contributed by atoms with Crippen LogP contribution in [0.4, 0.5) is 0 Å². The number of nitrogens with one attached hydrogen (secondary N) is 2. The summed E-state index contributed by atoms with van der Waals surface area (Å²) in [6.45, 7) is 12.5. The lowest BCUT2D eigenvalue weighted by molar-refractivity contribution is 0.193. The molecule has 0 bridgehead atoms. The van der Waals surface area contributed by atoms with Gasteiger partial charge < -0.3 is 15.1 Å². The second-order valence-corrected chi connectivity index (χ2v) is 5.81. The normalized spacial score (nSPS) is 13.7. The number of hydrogen-bond donors (Lipinski definition) is 2. The van der Waals surface area contributed by atoms with Gasteiger partial charge in [0.2, 0.25) is 0 Å². The second-order valence-electron chi connectivity index (χ2n) is 5.81. The van der Waals surface area contributed by atoms with Crippen LogP contribution in [0.3, 0.4) is 0 Å². The van der Waals surface area contributed by atoms with Crippen molar-refractivity contribution in [1.82, 2.24) is 15.5 Å². The molecule has 5 heteroatoms. The number of guanidine groups is 1. The van der Waals surface area contributed by atoms with Gasteiger partial charge >= 0.3 is 0 Å². The summed E-state index contributed by atoms with van der Waals surface area (Å²) in [5.74, 6) is 2.54. The first-order chi connectivity index (χ1) is 10.6. The van der Waals surface area contributed by atoms with Crippen LogP contribution < -0.4 is 10.6 Å². The lowest BCUT2D eigenvalue weighted by atomic mass is 10.1. The van der Waals surface area contributed by atoms with Crippen molar-refractivity contribution in [3.05, 3.63) is 24.2 Å². The topological polar surface area (TPSA) is 52.8 Å². The summed E-state index contributed by atoms with van der Waals surface area (Å²) >= 11 is 0. The van der Waals surface area contributed by atoms with E-state index in [2.05, 4.69) is 48.2 Å². The minimum absolute atomic E-state index is 0.216. The van der Waals surface area contributed by atoms with E-state index in [1.807, 2.05) is 19.2 Å². The number of likely N-dealkylation sites (N-methyl/N-ethyl adjacent to an activating group) is 1. The second kappa shape index (κ2) is 10.3. The van der Waals surface area contributed by atoms with Crippen LogP contribution in [0.25, 0.3) is 0 Å². The Bertz CT molecular complexity index is 410. The number of rotatable bonds is 9. The molecule has 1 aromatic heterocycles. The molecule has 0 fully saturated rings. The SMILES string of the molecule is CCN(CC)C(CNC(=NC)NCCC(C)C)c1ccco1. The Labute approximate surface area is 135 Å². The molecule has 22 heavy (non-hydrogen) atoms. The number of aliphatic imine (C=N–C) groups is 1. The van der Waals surface area contributed by atoms with Crippen molar-refractivity contribution in [1.29, 1.82) is 0 Å². The van der Waals surface area contributed by atoms with Crippen molar-refractivity contribution < 1.29 is 4.42 Å². The molecule has 1 aromatic rings. The predicted octanol–water partition coefficient (Wildman–Crippen LogP) is 2.87. The van der Waals surface area contributed by atoms with E-state index in [4.69, 9.17) is 4.42 Å². The molecule has 0 aliphatic heterocycles. The highest BCUT2D eigenvalue weighted by Crippen LogP contribution is 2.20. The molecule has 0 aliphatic rings. The maximum atomic E-state index is 5.62. The number of furan rings is 1. The Hall–Kier alpha value is -1.49. The Balaban J connectivity index is 2.58. The van der Waals surface area contributed by atoms with Gasteiger partial charge in [-0.3, -0.25) is 9.89 Å². The summed E-state index contributed by atoms with van der Waals surface area (Å²) < 4.78 is 5.62. The maximum Gasteiger partial charge on any atom is 0.191 e. The standard InChI is InChI=1S/C17H32N4O/c1-6-21(7-2)15(16-9-8-12-22-16)13-20-17(18-5)19-11-10-14(3)4/h8-9,12,14-15H,6-7,10-11,13H2,1-5H3,(H2,18,19,20). The molecular formula is C17H32N4O. The zero-order valence-electron chi connectivity index (χ0n) is 14.7. The fraction of sp³-hybridized carbons (Fsp3) is 0.706. The van der Waals surface area contributed by atoms with Crippen LogP contribution in [0.1, 0.15) is 45.9 Å². The lowest BCUT2D eigenvalue weighted by Gasteiger charge is -2.28. The summed E-state index contributed by atoms with van der Waals surface area (Å²) in [5.41, 5.74) is 0. The van der Waals surface area contributed by atoms with Crippen LogP contribution in [0.5, 0.6) is 0 Å². The highest BCUT2D eigenvalue weighted by molar-refractivity contribution is 5.79. The fourth-order valence-electron chi connectivity index (χ4n) is 2.45. The number of hydrogen-bond acceptors (Lipinski definition) is 3. The highest BCUT2D eigenvalue weighted by Gasteiger charge is 2.20. The van der Waals surface area contributed by atoms with Crippen molar-refractivity contribution in [3.63, 3.8) is 0 Å². The summed E-state index contributed by atoms with van der Waals surface area (Å²) in [6, 6.07) is 4.20. The zero-order valence-corrected chi connectivity index (χ0v) is 14.7. The average molecular weight is 308 g/mol. The first-order valence-electron chi connectivity index (χ1n) is 8.34. The predicted molar refractivity (Wildman–Crippen MR) is 93.2 cm³/mol. The molecule has 1 atom stereocenters. The van der Waals surface area contributed by atoms with Gasteiger partial charge in [0.25, 0.3) is 0 Å². The third kappa shape index (κ3) is 6.10. The quantitative estimate of drug-likeness (QED) is 0.544. The lowest BCUT2D eigenvalue weighted by Crippen LogP contribution is -2.43. The van der Waals surface area contributed by atoms with Crippen molar-refractivity contribution in [2.45, 2.75) is 40.2 Å². The van der Waals surface area contributed by atoms with Gasteiger partial charge in [0, 0.05) is 20.1 Å². The van der Waals surface area contributed by atoms with Crippen LogP contribution in [-0.4, -0.2) is 44.1 Å². The minimum Gasteiger partial charge on any atom is -0.468 e. The Morgan fingerprint density at radius 1 is 1.27 bits per heavy atom. The van der Waals surface area contributed by atoms with Gasteiger partial charge in [-0.05, 0) is 37.6 Å². The van der Waals surface area contributed by atoms with Crippen LogP contribution in [-0.2, 0) is 0 Å². The Morgan fingerprint density at radius 2 is 2.00 bits per heavy atom. The molecule has 2 N–H and O–H groups in total. The van der Waals surface area contributed by atoms with Gasteiger partial charge in [0.1, 0.15) is 5.76 Å². The van der Waals surface area contributed by atoms with Crippen LogP contribution in [0.2, 0.25) is 0 Å². The summed E-state index contributed by atoms with van der Waals surface area (Å²) in [6.07, 6.45) is 2.87. The maximum absolute atomic E-state index is 5.62. The smallest absolute Gasteiger partial charge is 0.191 e. The van der Waals surface area contributed by atoms with E-state index in [9.17, 15) is 0 Å². The Morgan fingerprint density at radius 3 is 2.50 bits per heavy atom. The number of nitrogens with zero attached hydrogens (tertiary/aromatic N) is 2. The van der Waals surface area contributed by atoms with Gasteiger partial charge in [-0.2, -0.15) is 0 Å². The molecule has 0 aliphatic carbocycles. The molecule has 5 nitrogen and oxygen atoms in total. The summed E-state index contributed by atoms with van der Waals surface area (Å²) in [7, 11) is 1.81. The van der Waals surface area contributed by atoms with E-state index in [1.165, 1.54) is 0 Å². The summed E-state index contributed by atoms with van der Waals surface area (Å²) in [4.78, 5) is 6.68. The van der Waals surface area contributed by atoms with Gasteiger partial charge in [0.05, 0.1) is 12.3 Å². The van der Waals surface area contributed by atoms with Gasteiger partial charge in [0.15, 0.2) is 5.96 Å². The van der Waals surface area contributed by atoms with Crippen LogP contribution in [0.15, 0.2) is 27.8 Å². The average Bonchev–Trinajstić information content (AvgIpc) is 3.03. The van der Waals surface area contributed by atoms with E-state index in [0.29, 0.717) is 5.92 Å². The van der Waals surface area contributed by atoms with E-state index in [0.717, 1.165) is 44.3 Å². The molecule has 0 radical (unpaired) electrons. The van der Waals surface area contributed by atoms with Gasteiger partial charge in [-0.1, -0.05) is 27.7 Å². The van der Waals surface area contributed by atoms with Crippen molar-refractivity contribution >= 4 is 5.96 Å². The van der Waals surface area contributed by atoms with Gasteiger partial charge in [-0.25, -0.2) is 0 Å². The monoisotopic (exact) mass is 308 g/mol. The fourth-order valence-corrected chi connectivity index (χ4v) is 2.45. The summed E-state index contributed by atoms with van der Waals surface area (Å²) in [5, 5.41) is 6.78. The van der Waals surface area contributed by atoms with Crippen LogP contribution in [0, 0.1) is 5.92 Å². The highest BCUT2D eigenvalue weighted by atomic mass is 16.3. The Kier molecular flexibility index (Phi) is 8.67. The third-order valence-electron chi connectivity index (χ3n) is 3.83. The van der Waals surface area contributed by atoms with E-state index in [-0.39, 0.29) is 6.04 Å². The molecule has 126 valence electrons. The molecule has 0 saturated heterocycles. The van der Waals surface area contributed by atoms with Crippen molar-refractivity contribution in [2.24, 2.45) is 10.9 Å². The molecule has 1 heterocycles. The van der Waals surface area contributed by atoms with E-state index < -0.39 is 0 Å².